The molecule has 30 heavy (non-hydrogen) atoms. The highest BCUT2D eigenvalue weighted by atomic mass is 32.2. The predicted molar refractivity (Wildman–Crippen MR) is 108 cm³/mol. The average molecular weight is 440 g/mol. The van der Waals surface area contributed by atoms with Crippen LogP contribution in [0, 0.1) is 6.92 Å². The van der Waals surface area contributed by atoms with Gasteiger partial charge in [0, 0.05) is 5.57 Å². The Hall–Kier alpha value is -2.74. The fourth-order valence-electron chi connectivity index (χ4n) is 2.90. The van der Waals surface area contributed by atoms with Gasteiger partial charge in [-0.2, -0.15) is 13.2 Å². The van der Waals surface area contributed by atoms with Gasteiger partial charge >= 0.3 is 6.18 Å². The van der Waals surface area contributed by atoms with Gasteiger partial charge in [0.1, 0.15) is 0 Å². The molecule has 2 rings (SSSR count). The van der Waals surface area contributed by atoms with E-state index in [-0.39, 0.29) is 10.8 Å². The molecule has 2 aromatic carbocycles. The van der Waals surface area contributed by atoms with E-state index >= 15 is 0 Å². The third-order valence-electron chi connectivity index (χ3n) is 4.33. The Bertz CT molecular complexity index is 1050. The first kappa shape index (κ1) is 23.5. The lowest BCUT2D eigenvalue weighted by Gasteiger charge is -2.16. The van der Waals surface area contributed by atoms with Gasteiger partial charge in [0.15, 0.2) is 0 Å². The third kappa shape index (κ3) is 5.05. The summed E-state index contributed by atoms with van der Waals surface area (Å²) in [6.07, 6.45) is -2.81. The Morgan fingerprint density at radius 1 is 1.17 bits per heavy atom. The molecule has 2 aromatic rings. The molecule has 4 nitrogen and oxygen atoms in total. The molecule has 0 radical (unpaired) electrons. The number of alkyl halides is 3. The number of aryl methyl sites for hydroxylation is 1. The van der Waals surface area contributed by atoms with Crippen molar-refractivity contribution >= 4 is 15.4 Å². The topological polar surface area (TPSA) is 52.6 Å². The first-order valence-corrected chi connectivity index (χ1v) is 10.7. The molecule has 162 valence electrons. The first-order chi connectivity index (χ1) is 14.0. The van der Waals surface area contributed by atoms with Crippen molar-refractivity contribution in [1.82, 2.24) is 0 Å². The number of rotatable bonds is 8. The summed E-state index contributed by atoms with van der Waals surface area (Å²) >= 11 is 0. The number of allylic oxidation sites excluding steroid dienone is 1. The van der Waals surface area contributed by atoms with E-state index in [1.807, 2.05) is 6.92 Å². The van der Waals surface area contributed by atoms with Crippen LogP contribution in [0.1, 0.15) is 37.0 Å². The summed E-state index contributed by atoms with van der Waals surface area (Å²) in [5.74, 6) is 0.230. The average Bonchev–Trinajstić information content (AvgIpc) is 2.70. The molecule has 0 fully saturated rings. The second-order valence-electron chi connectivity index (χ2n) is 6.52. The number of ether oxygens (including phenoxy) is 2. The van der Waals surface area contributed by atoms with Crippen LogP contribution in [0.3, 0.4) is 0 Å². The van der Waals surface area contributed by atoms with E-state index < -0.39 is 26.5 Å². The summed E-state index contributed by atoms with van der Waals surface area (Å²) in [4.78, 5) is -1.01. The van der Waals surface area contributed by atoms with Gasteiger partial charge in [-0.3, -0.25) is 0 Å². The van der Waals surface area contributed by atoms with Crippen LogP contribution in [0.4, 0.5) is 13.2 Å². The summed E-state index contributed by atoms with van der Waals surface area (Å²) in [5, 5.41) is 0. The summed E-state index contributed by atoms with van der Waals surface area (Å²) in [7, 11) is -4.38. The van der Waals surface area contributed by atoms with Crippen LogP contribution in [0.2, 0.25) is 0 Å². The molecule has 0 aliphatic carbocycles. The lowest BCUT2D eigenvalue weighted by molar-refractivity contribution is -0.139. The van der Waals surface area contributed by atoms with E-state index in [2.05, 4.69) is 6.58 Å². The zero-order valence-corrected chi connectivity index (χ0v) is 17.7. The largest absolute Gasteiger partial charge is 0.465 e. The van der Waals surface area contributed by atoms with Gasteiger partial charge < -0.3 is 9.47 Å². The molecule has 0 bridgehead atoms. The minimum Gasteiger partial charge on any atom is -0.465 e. The van der Waals surface area contributed by atoms with Gasteiger partial charge in [0.25, 0.3) is 5.95 Å². The Kier molecular flexibility index (Phi) is 7.36. The molecule has 0 spiro atoms. The number of hydrogen-bond acceptors (Lipinski definition) is 4. The highest BCUT2D eigenvalue weighted by molar-refractivity contribution is 7.91. The second-order valence-corrected chi connectivity index (χ2v) is 8.44. The molecule has 0 aliphatic rings. The second kappa shape index (κ2) is 9.38. The van der Waals surface area contributed by atoms with E-state index in [4.69, 9.17) is 9.47 Å². The van der Waals surface area contributed by atoms with E-state index in [1.54, 1.807) is 13.8 Å². The van der Waals surface area contributed by atoms with Crippen LogP contribution in [0.5, 0.6) is 0 Å². The van der Waals surface area contributed by atoms with Crippen molar-refractivity contribution in [3.05, 3.63) is 77.9 Å². The Labute approximate surface area is 174 Å². The number of sulfone groups is 1. The molecule has 0 N–H and O–H groups in total. The Morgan fingerprint density at radius 3 is 2.40 bits per heavy atom. The van der Waals surface area contributed by atoms with Crippen molar-refractivity contribution < 1.29 is 31.1 Å². The highest BCUT2D eigenvalue weighted by Gasteiger charge is 2.37. The van der Waals surface area contributed by atoms with Crippen molar-refractivity contribution in [1.29, 1.82) is 0 Å². The van der Waals surface area contributed by atoms with Gasteiger partial charge in [-0.25, -0.2) is 8.42 Å². The van der Waals surface area contributed by atoms with Crippen molar-refractivity contribution in [2.24, 2.45) is 0 Å². The van der Waals surface area contributed by atoms with Crippen LogP contribution in [0.25, 0.3) is 5.57 Å². The van der Waals surface area contributed by atoms with Gasteiger partial charge in [-0.15, -0.1) is 0 Å². The quantitative estimate of drug-likeness (QED) is 0.464. The van der Waals surface area contributed by atoms with Crippen molar-refractivity contribution in [3.8, 4) is 0 Å². The summed E-state index contributed by atoms with van der Waals surface area (Å²) in [6.45, 7) is 9.27. The fourth-order valence-corrected chi connectivity index (χ4v) is 4.46. The minimum atomic E-state index is -4.79. The summed E-state index contributed by atoms with van der Waals surface area (Å²) < 4.78 is 76.7. The van der Waals surface area contributed by atoms with E-state index in [0.717, 1.165) is 24.6 Å². The molecule has 0 amide bonds. The Balaban J connectivity index is 2.55. The van der Waals surface area contributed by atoms with Gasteiger partial charge in [-0.05, 0) is 55.7 Å². The molecule has 0 atom stereocenters. The molecule has 0 saturated heterocycles. The lowest BCUT2D eigenvalue weighted by Crippen LogP contribution is -2.13. The van der Waals surface area contributed by atoms with E-state index in [0.29, 0.717) is 23.3 Å². The van der Waals surface area contributed by atoms with Gasteiger partial charge in [0.05, 0.1) is 28.2 Å². The molecule has 0 unspecified atom stereocenters. The van der Waals surface area contributed by atoms with Gasteiger partial charge in [0.2, 0.25) is 9.84 Å². The Morgan fingerprint density at radius 2 is 1.83 bits per heavy atom. The van der Waals surface area contributed by atoms with E-state index in [9.17, 15) is 21.6 Å². The smallest absolute Gasteiger partial charge is 0.417 e. The maximum atomic E-state index is 13.3. The molecule has 0 aromatic heterocycles. The SMILES string of the molecule is C=CO/C(OCCC)=C(/C)c1ccc(S(=O)(=O)c2ccccc2C(F)(F)F)cc1C. The van der Waals surface area contributed by atoms with Crippen LogP contribution < -0.4 is 0 Å². The summed E-state index contributed by atoms with van der Waals surface area (Å²) in [5.41, 5.74) is 0.604. The molecule has 0 heterocycles. The fraction of sp³-hybridized carbons (Fsp3) is 0.273. The monoisotopic (exact) mass is 440 g/mol. The standard InChI is InChI=1S/C22H23F3O4S/c1-5-13-29-21(28-6-2)16(4)18-12-11-17(14-15(18)3)30(26,27)20-10-8-7-9-19(20)22(23,24)25/h6-12,14H,2,5,13H2,1,3-4H3/b21-16+. The number of hydrogen-bond donors (Lipinski definition) is 0. The number of halogens is 3. The van der Waals surface area contributed by atoms with Crippen LogP contribution in [-0.2, 0) is 25.5 Å². The minimum absolute atomic E-state index is 0.228. The van der Waals surface area contributed by atoms with Crippen LogP contribution >= 0.6 is 0 Å². The van der Waals surface area contributed by atoms with E-state index in [1.165, 1.54) is 30.5 Å². The lowest BCUT2D eigenvalue weighted by atomic mass is 10.0. The normalized spacial score (nSPS) is 12.9. The molecule has 0 aliphatic heterocycles. The first-order valence-electron chi connectivity index (χ1n) is 9.17. The van der Waals surface area contributed by atoms with Crippen LogP contribution in [0.15, 0.2) is 71.0 Å². The van der Waals surface area contributed by atoms with Crippen LogP contribution in [-0.4, -0.2) is 15.0 Å². The third-order valence-corrected chi connectivity index (χ3v) is 6.14. The van der Waals surface area contributed by atoms with Gasteiger partial charge in [-0.1, -0.05) is 31.7 Å². The van der Waals surface area contributed by atoms with Crippen molar-refractivity contribution in [3.63, 3.8) is 0 Å². The molecule has 8 heteroatoms. The van der Waals surface area contributed by atoms with Crippen molar-refractivity contribution in [2.45, 2.75) is 43.2 Å². The highest BCUT2D eigenvalue weighted by Crippen LogP contribution is 2.37. The zero-order valence-electron chi connectivity index (χ0n) is 16.9. The maximum absolute atomic E-state index is 13.3. The summed E-state index contributed by atoms with van der Waals surface area (Å²) in [6, 6.07) is 8.27. The molecular formula is C22H23F3O4S. The predicted octanol–water partition coefficient (Wildman–Crippen LogP) is 6.12. The maximum Gasteiger partial charge on any atom is 0.417 e. The zero-order chi connectivity index (χ0) is 22.5. The molecular weight excluding hydrogens is 417 g/mol. The number of benzene rings is 2. The molecule has 0 saturated carbocycles. The van der Waals surface area contributed by atoms with Crippen molar-refractivity contribution in [2.75, 3.05) is 6.61 Å².